The zero-order chi connectivity index (χ0) is 7.24. The van der Waals surface area contributed by atoms with Crippen LogP contribution < -0.4 is 11.3 Å². The van der Waals surface area contributed by atoms with E-state index < -0.39 is 0 Å². The molecule has 0 spiro atoms. The summed E-state index contributed by atoms with van der Waals surface area (Å²) >= 11 is 0. The van der Waals surface area contributed by atoms with Gasteiger partial charge in [-0.2, -0.15) is 0 Å². The van der Waals surface area contributed by atoms with Crippen LogP contribution >= 0.6 is 0 Å². The van der Waals surface area contributed by atoms with Crippen LogP contribution in [-0.2, 0) is 0 Å². The van der Waals surface area contributed by atoms with Gasteiger partial charge in [0.05, 0.1) is 0 Å². The molecule has 0 heterocycles. The van der Waals surface area contributed by atoms with Crippen molar-refractivity contribution < 1.29 is 5.11 Å². The summed E-state index contributed by atoms with van der Waals surface area (Å²) in [6.45, 7) is 0.344. The Bertz CT molecular complexity index is 136. The Balaban J connectivity index is 2.06. The Kier molecular flexibility index (Phi) is 1.14. The molecule has 0 aromatic rings. The summed E-state index contributed by atoms with van der Waals surface area (Å²) in [5.74, 6) is 5.39. The van der Waals surface area contributed by atoms with E-state index in [1.54, 1.807) is 0 Å². The monoisotopic (exact) mass is 142 g/mol. The molecule has 3 nitrogen and oxygen atoms in total. The number of aliphatic hydroxyl groups is 1. The fourth-order valence-electron chi connectivity index (χ4n) is 2.61. The first kappa shape index (κ1) is 6.58. The van der Waals surface area contributed by atoms with Crippen LogP contribution in [0, 0.1) is 5.41 Å². The standard InChI is InChI=1S/C7H14N2O/c8-9-7-2-1-6(3-7,4-7)5-10/h9-10H,1-5,8H2. The highest BCUT2D eigenvalue weighted by Gasteiger charge is 2.59. The quantitative estimate of drug-likeness (QED) is 0.368. The molecule has 3 fully saturated rings. The van der Waals surface area contributed by atoms with Crippen molar-refractivity contribution in [2.24, 2.45) is 11.3 Å². The Labute approximate surface area is 60.6 Å². The summed E-state index contributed by atoms with van der Waals surface area (Å²) in [5, 5.41) is 9.00. The van der Waals surface area contributed by atoms with Crippen molar-refractivity contribution in [1.29, 1.82) is 0 Å². The van der Waals surface area contributed by atoms with Crippen molar-refractivity contribution in [2.45, 2.75) is 31.2 Å². The van der Waals surface area contributed by atoms with Crippen LogP contribution in [0.3, 0.4) is 0 Å². The summed E-state index contributed by atoms with van der Waals surface area (Å²) < 4.78 is 0. The summed E-state index contributed by atoms with van der Waals surface area (Å²) in [6, 6.07) is 0. The van der Waals surface area contributed by atoms with Crippen LogP contribution in [0.2, 0.25) is 0 Å². The SMILES string of the molecule is NNC12CCC(CO)(C1)C2. The second-order valence-electron chi connectivity index (χ2n) is 3.94. The lowest BCUT2D eigenvalue weighted by molar-refractivity contribution is 0.0234. The van der Waals surface area contributed by atoms with E-state index >= 15 is 0 Å². The molecule has 3 aliphatic carbocycles. The van der Waals surface area contributed by atoms with E-state index in [-0.39, 0.29) is 11.0 Å². The Morgan fingerprint density at radius 3 is 2.40 bits per heavy atom. The van der Waals surface area contributed by atoms with E-state index in [0.717, 1.165) is 25.7 Å². The fraction of sp³-hybridized carbons (Fsp3) is 1.00. The zero-order valence-corrected chi connectivity index (χ0v) is 6.06. The van der Waals surface area contributed by atoms with Gasteiger partial charge in [0.2, 0.25) is 0 Å². The van der Waals surface area contributed by atoms with Gasteiger partial charge in [-0.3, -0.25) is 11.3 Å². The maximum atomic E-state index is 9.00. The Morgan fingerprint density at radius 1 is 1.40 bits per heavy atom. The number of nitrogens with two attached hydrogens (primary N) is 1. The van der Waals surface area contributed by atoms with E-state index in [2.05, 4.69) is 5.43 Å². The van der Waals surface area contributed by atoms with E-state index in [4.69, 9.17) is 10.9 Å². The molecule has 58 valence electrons. The van der Waals surface area contributed by atoms with Gasteiger partial charge >= 0.3 is 0 Å². The average Bonchev–Trinajstić information content (AvgIpc) is 2.40. The van der Waals surface area contributed by atoms with Crippen LogP contribution in [0.15, 0.2) is 0 Å². The molecular formula is C7H14N2O. The minimum Gasteiger partial charge on any atom is -0.396 e. The minimum absolute atomic E-state index is 0.211. The number of aliphatic hydroxyl groups excluding tert-OH is 1. The molecule has 0 saturated heterocycles. The molecule has 4 N–H and O–H groups in total. The van der Waals surface area contributed by atoms with E-state index in [0.29, 0.717) is 6.61 Å². The largest absolute Gasteiger partial charge is 0.396 e. The molecule has 10 heavy (non-hydrogen) atoms. The van der Waals surface area contributed by atoms with Gasteiger partial charge in [0.1, 0.15) is 0 Å². The van der Waals surface area contributed by atoms with Gasteiger partial charge in [-0.05, 0) is 31.1 Å². The molecular weight excluding hydrogens is 128 g/mol. The molecule has 0 aromatic heterocycles. The predicted octanol–water partition coefficient (Wildman–Crippen LogP) is -0.245. The molecule has 0 aromatic carbocycles. The molecule has 0 atom stereocenters. The van der Waals surface area contributed by atoms with Crippen molar-refractivity contribution in [2.75, 3.05) is 6.61 Å². The van der Waals surface area contributed by atoms with Crippen molar-refractivity contribution >= 4 is 0 Å². The van der Waals surface area contributed by atoms with Gasteiger partial charge in [0, 0.05) is 12.1 Å². The molecule has 0 radical (unpaired) electrons. The first-order valence-electron chi connectivity index (χ1n) is 3.83. The second-order valence-corrected chi connectivity index (χ2v) is 3.94. The third kappa shape index (κ3) is 0.603. The number of fused-ring (bicyclic) bond motifs is 1. The maximum absolute atomic E-state index is 9.00. The maximum Gasteiger partial charge on any atom is 0.0488 e. The summed E-state index contributed by atoms with van der Waals surface area (Å²) in [5.41, 5.74) is 3.32. The van der Waals surface area contributed by atoms with Gasteiger partial charge in [-0.25, -0.2) is 0 Å². The zero-order valence-electron chi connectivity index (χ0n) is 6.06. The molecule has 2 bridgehead atoms. The van der Waals surface area contributed by atoms with Crippen LogP contribution in [0.4, 0.5) is 0 Å². The summed E-state index contributed by atoms with van der Waals surface area (Å²) in [7, 11) is 0. The molecule has 0 amide bonds. The van der Waals surface area contributed by atoms with Crippen LogP contribution in [-0.4, -0.2) is 17.3 Å². The number of hydrazine groups is 1. The average molecular weight is 142 g/mol. The van der Waals surface area contributed by atoms with Gasteiger partial charge in [-0.15, -0.1) is 0 Å². The topological polar surface area (TPSA) is 58.3 Å². The highest BCUT2D eigenvalue weighted by atomic mass is 16.3. The van der Waals surface area contributed by atoms with Crippen molar-refractivity contribution in [3.8, 4) is 0 Å². The molecule has 0 unspecified atom stereocenters. The molecule has 0 aliphatic heterocycles. The van der Waals surface area contributed by atoms with E-state index in [1.807, 2.05) is 0 Å². The molecule has 3 saturated carbocycles. The van der Waals surface area contributed by atoms with E-state index in [1.165, 1.54) is 0 Å². The normalized spacial score (nSPS) is 51.0. The molecule has 3 aliphatic rings. The fourth-order valence-corrected chi connectivity index (χ4v) is 2.61. The first-order chi connectivity index (χ1) is 4.74. The number of hydrogen-bond acceptors (Lipinski definition) is 3. The first-order valence-corrected chi connectivity index (χ1v) is 3.83. The Hall–Kier alpha value is -0.120. The van der Waals surface area contributed by atoms with Gasteiger partial charge in [0.25, 0.3) is 0 Å². The number of nitrogens with one attached hydrogen (secondary N) is 1. The van der Waals surface area contributed by atoms with E-state index in [9.17, 15) is 0 Å². The summed E-state index contributed by atoms with van der Waals surface area (Å²) in [6.07, 6.45) is 4.44. The smallest absolute Gasteiger partial charge is 0.0488 e. The molecule has 3 rings (SSSR count). The van der Waals surface area contributed by atoms with Gasteiger partial charge in [-0.1, -0.05) is 0 Å². The lowest BCUT2D eigenvalue weighted by Gasteiger charge is -2.46. The van der Waals surface area contributed by atoms with Crippen molar-refractivity contribution in [1.82, 2.24) is 5.43 Å². The number of hydrogen-bond donors (Lipinski definition) is 3. The minimum atomic E-state index is 0.211. The van der Waals surface area contributed by atoms with Crippen molar-refractivity contribution in [3.05, 3.63) is 0 Å². The van der Waals surface area contributed by atoms with Crippen LogP contribution in [0.5, 0.6) is 0 Å². The van der Waals surface area contributed by atoms with Crippen LogP contribution in [0.25, 0.3) is 0 Å². The highest BCUT2D eigenvalue weighted by Crippen LogP contribution is 2.60. The second kappa shape index (κ2) is 1.72. The molecule has 3 heteroatoms. The third-order valence-corrected chi connectivity index (χ3v) is 3.20. The lowest BCUT2D eigenvalue weighted by Crippen LogP contribution is -2.57. The lowest BCUT2D eigenvalue weighted by atomic mass is 9.66. The number of rotatable bonds is 2. The van der Waals surface area contributed by atoms with Gasteiger partial charge < -0.3 is 5.11 Å². The summed E-state index contributed by atoms with van der Waals surface area (Å²) in [4.78, 5) is 0. The Morgan fingerprint density at radius 2 is 2.10 bits per heavy atom. The highest BCUT2D eigenvalue weighted by molar-refractivity contribution is 5.14. The van der Waals surface area contributed by atoms with Crippen molar-refractivity contribution in [3.63, 3.8) is 0 Å². The van der Waals surface area contributed by atoms with Gasteiger partial charge in [0.15, 0.2) is 0 Å². The van der Waals surface area contributed by atoms with Crippen LogP contribution in [0.1, 0.15) is 25.7 Å². The third-order valence-electron chi connectivity index (χ3n) is 3.20. The predicted molar refractivity (Wildman–Crippen MR) is 38.0 cm³/mol.